The van der Waals surface area contributed by atoms with Crippen LogP contribution >= 0.6 is 0 Å². The van der Waals surface area contributed by atoms with Gasteiger partial charge in [0.05, 0.1) is 6.61 Å². The Kier molecular flexibility index (Phi) is 4.82. The second-order valence-electron chi connectivity index (χ2n) is 4.61. The van der Waals surface area contributed by atoms with E-state index in [1.54, 1.807) is 23.1 Å². The third-order valence-corrected chi connectivity index (χ3v) is 3.12. The number of carbonyl (C=O) groups is 1. The lowest BCUT2D eigenvalue weighted by Crippen LogP contribution is -2.30. The molecule has 0 aliphatic rings. The molecular formula is C17H20N2O2. The van der Waals surface area contributed by atoms with E-state index >= 15 is 0 Å². The highest BCUT2D eigenvalue weighted by Crippen LogP contribution is 2.22. The highest BCUT2D eigenvalue weighted by molar-refractivity contribution is 6.06. The van der Waals surface area contributed by atoms with Crippen LogP contribution in [0.15, 0.2) is 48.5 Å². The van der Waals surface area contributed by atoms with Crippen LogP contribution in [0.1, 0.15) is 24.2 Å². The zero-order valence-corrected chi connectivity index (χ0v) is 12.4. The van der Waals surface area contributed by atoms with E-state index in [0.29, 0.717) is 30.2 Å². The van der Waals surface area contributed by atoms with E-state index in [9.17, 15) is 4.79 Å². The van der Waals surface area contributed by atoms with Crippen LogP contribution in [0.5, 0.6) is 5.75 Å². The Morgan fingerprint density at radius 1 is 1.14 bits per heavy atom. The molecule has 0 heterocycles. The summed E-state index contributed by atoms with van der Waals surface area (Å²) in [5.41, 5.74) is 7.78. The van der Waals surface area contributed by atoms with Gasteiger partial charge in [0.2, 0.25) is 0 Å². The van der Waals surface area contributed by atoms with Gasteiger partial charge in [-0.25, -0.2) is 0 Å². The predicted molar refractivity (Wildman–Crippen MR) is 85.8 cm³/mol. The first-order valence-corrected chi connectivity index (χ1v) is 7.06. The van der Waals surface area contributed by atoms with Gasteiger partial charge in [0.25, 0.3) is 5.91 Å². The van der Waals surface area contributed by atoms with E-state index in [0.717, 1.165) is 5.69 Å². The molecular weight excluding hydrogens is 264 g/mol. The third-order valence-electron chi connectivity index (χ3n) is 3.12. The molecule has 2 aromatic rings. The molecule has 0 aliphatic heterocycles. The number of benzene rings is 2. The summed E-state index contributed by atoms with van der Waals surface area (Å²) in [6, 6.07) is 14.7. The Labute approximate surface area is 125 Å². The monoisotopic (exact) mass is 284 g/mol. The summed E-state index contributed by atoms with van der Waals surface area (Å²) in [7, 11) is 0. The molecule has 2 aromatic carbocycles. The fraction of sp³-hybridized carbons (Fsp3) is 0.235. The first kappa shape index (κ1) is 14.9. The first-order valence-electron chi connectivity index (χ1n) is 7.06. The number of carbonyl (C=O) groups excluding carboxylic acids is 1. The zero-order valence-electron chi connectivity index (χ0n) is 12.4. The number of hydrogen-bond donors (Lipinski definition) is 1. The maximum absolute atomic E-state index is 12.7. The molecule has 0 spiro atoms. The fourth-order valence-corrected chi connectivity index (χ4v) is 2.20. The highest BCUT2D eigenvalue weighted by Gasteiger charge is 2.17. The molecule has 0 unspecified atom stereocenters. The van der Waals surface area contributed by atoms with Crippen molar-refractivity contribution >= 4 is 17.3 Å². The Bertz CT molecular complexity index is 611. The van der Waals surface area contributed by atoms with Gasteiger partial charge in [0.15, 0.2) is 0 Å². The van der Waals surface area contributed by atoms with E-state index in [2.05, 4.69) is 0 Å². The topological polar surface area (TPSA) is 55.6 Å². The molecule has 0 fully saturated rings. The minimum atomic E-state index is -0.0862. The van der Waals surface area contributed by atoms with Gasteiger partial charge >= 0.3 is 0 Å². The van der Waals surface area contributed by atoms with Crippen LogP contribution in [0.25, 0.3) is 0 Å². The Hall–Kier alpha value is -2.49. The van der Waals surface area contributed by atoms with Crippen molar-refractivity contribution in [2.24, 2.45) is 0 Å². The number of hydrogen-bond acceptors (Lipinski definition) is 3. The SMILES string of the molecule is CCOc1cc(N)cc(C(=O)N(CC)c2ccccc2)c1. The maximum Gasteiger partial charge on any atom is 0.258 e. The normalized spacial score (nSPS) is 10.2. The van der Waals surface area contributed by atoms with E-state index in [1.165, 1.54) is 0 Å². The summed E-state index contributed by atoms with van der Waals surface area (Å²) in [6.45, 7) is 4.96. The Morgan fingerprint density at radius 3 is 2.48 bits per heavy atom. The minimum Gasteiger partial charge on any atom is -0.494 e. The summed E-state index contributed by atoms with van der Waals surface area (Å²) >= 11 is 0. The minimum absolute atomic E-state index is 0.0862. The Morgan fingerprint density at radius 2 is 1.86 bits per heavy atom. The van der Waals surface area contributed by atoms with Crippen molar-refractivity contribution in [3.63, 3.8) is 0 Å². The van der Waals surface area contributed by atoms with Crippen LogP contribution in [0, 0.1) is 0 Å². The van der Waals surface area contributed by atoms with Crippen LogP contribution < -0.4 is 15.4 Å². The van der Waals surface area contributed by atoms with Crippen molar-refractivity contribution in [3.8, 4) is 5.75 Å². The van der Waals surface area contributed by atoms with Gasteiger partial charge in [-0.15, -0.1) is 0 Å². The maximum atomic E-state index is 12.7. The highest BCUT2D eigenvalue weighted by atomic mass is 16.5. The molecule has 0 bridgehead atoms. The Balaban J connectivity index is 2.34. The number of anilines is 2. The number of nitrogens with two attached hydrogens (primary N) is 1. The number of amides is 1. The standard InChI is InChI=1S/C17H20N2O2/c1-3-19(15-8-6-5-7-9-15)17(20)13-10-14(18)12-16(11-13)21-4-2/h5-12H,3-4,18H2,1-2H3. The van der Waals surface area contributed by atoms with Crippen LogP contribution in [0.2, 0.25) is 0 Å². The van der Waals surface area contributed by atoms with Crippen molar-refractivity contribution in [2.45, 2.75) is 13.8 Å². The molecule has 4 heteroatoms. The van der Waals surface area contributed by atoms with Crippen LogP contribution in [-0.4, -0.2) is 19.1 Å². The average Bonchev–Trinajstić information content (AvgIpc) is 2.49. The van der Waals surface area contributed by atoms with Gasteiger partial charge in [-0.2, -0.15) is 0 Å². The van der Waals surface area contributed by atoms with Crippen LogP contribution in [0.4, 0.5) is 11.4 Å². The molecule has 2 N–H and O–H groups in total. The molecule has 0 saturated heterocycles. The lowest BCUT2D eigenvalue weighted by molar-refractivity contribution is 0.0988. The fourth-order valence-electron chi connectivity index (χ4n) is 2.20. The average molecular weight is 284 g/mol. The van der Waals surface area contributed by atoms with E-state index < -0.39 is 0 Å². The first-order chi connectivity index (χ1) is 10.2. The predicted octanol–water partition coefficient (Wildman–Crippen LogP) is 3.33. The third kappa shape index (κ3) is 3.54. The second-order valence-corrected chi connectivity index (χ2v) is 4.61. The molecule has 1 amide bonds. The molecule has 0 aromatic heterocycles. The van der Waals surface area contributed by atoms with E-state index in [-0.39, 0.29) is 5.91 Å². The van der Waals surface area contributed by atoms with Crippen molar-refractivity contribution < 1.29 is 9.53 Å². The number of nitrogen functional groups attached to an aromatic ring is 1. The number of rotatable bonds is 5. The molecule has 2 rings (SSSR count). The molecule has 0 aliphatic carbocycles. The summed E-state index contributed by atoms with van der Waals surface area (Å²) in [4.78, 5) is 14.4. The molecule has 110 valence electrons. The van der Waals surface area contributed by atoms with Crippen LogP contribution in [-0.2, 0) is 0 Å². The quantitative estimate of drug-likeness (QED) is 0.857. The number of para-hydroxylation sites is 1. The number of ether oxygens (including phenoxy) is 1. The summed E-state index contributed by atoms with van der Waals surface area (Å²) < 4.78 is 5.45. The molecule has 0 radical (unpaired) electrons. The lowest BCUT2D eigenvalue weighted by atomic mass is 10.1. The molecule has 4 nitrogen and oxygen atoms in total. The van der Waals surface area contributed by atoms with Crippen molar-refractivity contribution in [1.82, 2.24) is 0 Å². The largest absolute Gasteiger partial charge is 0.494 e. The smallest absolute Gasteiger partial charge is 0.258 e. The zero-order chi connectivity index (χ0) is 15.2. The second kappa shape index (κ2) is 6.79. The van der Waals surface area contributed by atoms with Crippen molar-refractivity contribution in [2.75, 3.05) is 23.8 Å². The van der Waals surface area contributed by atoms with Crippen LogP contribution in [0.3, 0.4) is 0 Å². The van der Waals surface area contributed by atoms with E-state index in [4.69, 9.17) is 10.5 Å². The van der Waals surface area contributed by atoms with Crippen molar-refractivity contribution in [3.05, 3.63) is 54.1 Å². The van der Waals surface area contributed by atoms with Crippen molar-refractivity contribution in [1.29, 1.82) is 0 Å². The van der Waals surface area contributed by atoms with Gasteiger partial charge in [-0.3, -0.25) is 4.79 Å². The van der Waals surface area contributed by atoms with Gasteiger partial charge in [0, 0.05) is 29.5 Å². The molecule has 21 heavy (non-hydrogen) atoms. The molecule has 0 saturated carbocycles. The summed E-state index contributed by atoms with van der Waals surface area (Å²) in [5.74, 6) is 0.530. The van der Waals surface area contributed by atoms with Gasteiger partial charge < -0.3 is 15.4 Å². The molecule has 0 atom stereocenters. The van der Waals surface area contributed by atoms with Gasteiger partial charge in [-0.05, 0) is 38.1 Å². The van der Waals surface area contributed by atoms with E-state index in [1.807, 2.05) is 44.2 Å². The van der Waals surface area contributed by atoms with Gasteiger partial charge in [0.1, 0.15) is 5.75 Å². The summed E-state index contributed by atoms with van der Waals surface area (Å²) in [5, 5.41) is 0. The lowest BCUT2D eigenvalue weighted by Gasteiger charge is -2.21. The van der Waals surface area contributed by atoms with Gasteiger partial charge in [-0.1, -0.05) is 18.2 Å². The summed E-state index contributed by atoms with van der Waals surface area (Å²) in [6.07, 6.45) is 0. The number of nitrogens with zero attached hydrogens (tertiary/aromatic N) is 1.